The third kappa shape index (κ3) is 5.67. The summed E-state index contributed by atoms with van der Waals surface area (Å²) in [6.07, 6.45) is 6.07. The maximum absolute atomic E-state index is 13.9. The van der Waals surface area contributed by atoms with Crippen LogP contribution in [0.4, 0.5) is 0 Å². The van der Waals surface area contributed by atoms with Gasteiger partial charge in [0.15, 0.2) is 17.3 Å². The summed E-state index contributed by atoms with van der Waals surface area (Å²) >= 11 is 0. The number of carbonyl (C=O) groups is 2. The first kappa shape index (κ1) is 24.4. The Balaban J connectivity index is 1.76. The average Bonchev–Trinajstić information content (AvgIpc) is 3.61. The Hall–Kier alpha value is -3.74. The molecule has 0 radical (unpaired) electrons. The molecule has 2 amide bonds. The van der Waals surface area contributed by atoms with Crippen LogP contribution in [0.15, 0.2) is 71.3 Å². The number of furan rings is 1. The Morgan fingerprint density at radius 3 is 2.43 bits per heavy atom. The molecule has 1 aromatic heterocycles. The largest absolute Gasteiger partial charge is 0.493 e. The lowest BCUT2D eigenvalue weighted by atomic mass is 10.00. The minimum atomic E-state index is -0.929. The van der Waals surface area contributed by atoms with Crippen LogP contribution in [0.1, 0.15) is 53.4 Å². The van der Waals surface area contributed by atoms with Gasteiger partial charge in [-0.05, 0) is 43.0 Å². The van der Waals surface area contributed by atoms with Gasteiger partial charge in [-0.2, -0.15) is 0 Å². The minimum absolute atomic E-state index is 0.0938. The molecule has 0 unspecified atom stereocenters. The molecule has 4 rings (SSSR count). The van der Waals surface area contributed by atoms with Gasteiger partial charge in [0.2, 0.25) is 5.91 Å². The number of amides is 2. The van der Waals surface area contributed by atoms with Crippen molar-refractivity contribution < 1.29 is 23.5 Å². The van der Waals surface area contributed by atoms with Crippen molar-refractivity contribution >= 4 is 11.8 Å². The SMILES string of the molecule is COc1cccc([C@H](C(=O)NC2CCCC2)N(CCc2ccccc2)C(=O)c2ccco2)c1OC. The second-order valence-electron chi connectivity index (χ2n) is 8.69. The summed E-state index contributed by atoms with van der Waals surface area (Å²) in [5.41, 5.74) is 1.63. The molecule has 1 fully saturated rings. The van der Waals surface area contributed by atoms with E-state index in [4.69, 9.17) is 13.9 Å². The van der Waals surface area contributed by atoms with Crippen molar-refractivity contribution in [2.45, 2.75) is 44.2 Å². The fourth-order valence-corrected chi connectivity index (χ4v) is 4.71. The first-order chi connectivity index (χ1) is 17.1. The Kier molecular flexibility index (Phi) is 8.08. The highest BCUT2D eigenvalue weighted by atomic mass is 16.5. The molecule has 0 bridgehead atoms. The van der Waals surface area contributed by atoms with Gasteiger partial charge in [0.05, 0.1) is 20.5 Å². The summed E-state index contributed by atoms with van der Waals surface area (Å²) in [6, 6.07) is 17.7. The maximum Gasteiger partial charge on any atom is 0.290 e. The smallest absolute Gasteiger partial charge is 0.290 e. The zero-order valence-corrected chi connectivity index (χ0v) is 20.2. The number of hydrogen-bond donors (Lipinski definition) is 1. The molecule has 1 saturated carbocycles. The van der Waals surface area contributed by atoms with E-state index in [2.05, 4.69) is 5.32 Å². The summed E-state index contributed by atoms with van der Waals surface area (Å²) in [6.45, 7) is 0.312. The van der Waals surface area contributed by atoms with Crippen molar-refractivity contribution in [1.29, 1.82) is 0 Å². The third-order valence-electron chi connectivity index (χ3n) is 6.47. The average molecular weight is 477 g/mol. The zero-order valence-electron chi connectivity index (χ0n) is 20.2. The molecule has 184 valence electrons. The van der Waals surface area contributed by atoms with E-state index in [0.717, 1.165) is 31.2 Å². The lowest BCUT2D eigenvalue weighted by Crippen LogP contribution is -2.47. The molecule has 1 heterocycles. The summed E-state index contributed by atoms with van der Waals surface area (Å²) in [7, 11) is 3.09. The van der Waals surface area contributed by atoms with E-state index in [9.17, 15) is 9.59 Å². The van der Waals surface area contributed by atoms with Crippen molar-refractivity contribution in [3.05, 3.63) is 83.8 Å². The zero-order chi connectivity index (χ0) is 24.6. The van der Waals surface area contributed by atoms with Crippen molar-refractivity contribution in [2.75, 3.05) is 20.8 Å². The van der Waals surface area contributed by atoms with Gasteiger partial charge in [-0.15, -0.1) is 0 Å². The molecule has 2 aromatic carbocycles. The van der Waals surface area contributed by atoms with E-state index in [1.165, 1.54) is 13.4 Å². The van der Waals surface area contributed by atoms with Crippen molar-refractivity contribution in [3.8, 4) is 11.5 Å². The van der Waals surface area contributed by atoms with Crippen LogP contribution in [0, 0.1) is 0 Å². The van der Waals surface area contributed by atoms with Crippen LogP contribution < -0.4 is 14.8 Å². The standard InChI is InChI=1S/C28H32N2O5/c1-33-23-15-8-14-22(26(23)34-2)25(27(31)29-21-12-6-7-13-21)30(28(32)24-16-9-19-35-24)18-17-20-10-4-3-5-11-20/h3-5,8-11,14-16,19,21,25H,6-7,12-13,17-18H2,1-2H3,(H,29,31)/t25-/m1/s1. The van der Waals surface area contributed by atoms with Gasteiger partial charge in [0.1, 0.15) is 6.04 Å². The molecule has 1 aliphatic rings. The highest BCUT2D eigenvalue weighted by Crippen LogP contribution is 2.38. The molecule has 1 aliphatic carbocycles. The molecular weight excluding hydrogens is 444 g/mol. The molecular formula is C28H32N2O5. The predicted octanol–water partition coefficient (Wildman–Crippen LogP) is 4.78. The number of benzene rings is 2. The van der Waals surface area contributed by atoms with E-state index in [0.29, 0.717) is 30.0 Å². The van der Waals surface area contributed by atoms with Crippen LogP contribution in [-0.2, 0) is 11.2 Å². The van der Waals surface area contributed by atoms with Crippen molar-refractivity contribution in [2.24, 2.45) is 0 Å². The third-order valence-corrected chi connectivity index (χ3v) is 6.47. The highest BCUT2D eigenvalue weighted by Gasteiger charge is 2.36. The Bertz CT molecular complexity index is 1110. The number of rotatable bonds is 10. The van der Waals surface area contributed by atoms with E-state index >= 15 is 0 Å². The van der Waals surface area contributed by atoms with Gasteiger partial charge >= 0.3 is 0 Å². The van der Waals surface area contributed by atoms with Gasteiger partial charge < -0.3 is 24.1 Å². The van der Waals surface area contributed by atoms with E-state index in [1.807, 2.05) is 36.4 Å². The number of ether oxygens (including phenoxy) is 2. The van der Waals surface area contributed by atoms with E-state index < -0.39 is 6.04 Å². The Morgan fingerprint density at radius 2 is 1.77 bits per heavy atom. The monoisotopic (exact) mass is 476 g/mol. The number of nitrogens with zero attached hydrogens (tertiary/aromatic N) is 1. The van der Waals surface area contributed by atoms with Gasteiger partial charge in [-0.1, -0.05) is 55.3 Å². The number of para-hydroxylation sites is 1. The Morgan fingerprint density at radius 1 is 1.00 bits per heavy atom. The summed E-state index contributed by atoms with van der Waals surface area (Å²) < 4.78 is 16.6. The topological polar surface area (TPSA) is 81.0 Å². The number of methoxy groups -OCH3 is 2. The van der Waals surface area contributed by atoms with Crippen molar-refractivity contribution in [1.82, 2.24) is 10.2 Å². The second kappa shape index (κ2) is 11.6. The lowest BCUT2D eigenvalue weighted by Gasteiger charge is -2.32. The normalized spacial score (nSPS) is 14.3. The van der Waals surface area contributed by atoms with Gasteiger partial charge in [-0.3, -0.25) is 9.59 Å². The molecule has 0 saturated heterocycles. The molecule has 0 aliphatic heterocycles. The number of hydrogen-bond acceptors (Lipinski definition) is 5. The summed E-state index contributed by atoms with van der Waals surface area (Å²) in [5, 5.41) is 3.19. The summed E-state index contributed by atoms with van der Waals surface area (Å²) in [5.74, 6) is 0.507. The van der Waals surface area contributed by atoms with Gasteiger partial charge in [-0.25, -0.2) is 0 Å². The van der Waals surface area contributed by atoms with Crippen LogP contribution in [0.3, 0.4) is 0 Å². The van der Waals surface area contributed by atoms with Crippen LogP contribution in [0.25, 0.3) is 0 Å². The van der Waals surface area contributed by atoms with Crippen LogP contribution in [0.2, 0.25) is 0 Å². The van der Waals surface area contributed by atoms with Crippen LogP contribution >= 0.6 is 0 Å². The minimum Gasteiger partial charge on any atom is -0.493 e. The molecule has 7 nitrogen and oxygen atoms in total. The quantitative estimate of drug-likeness (QED) is 0.455. The van der Waals surface area contributed by atoms with Crippen LogP contribution in [-0.4, -0.2) is 43.5 Å². The van der Waals surface area contributed by atoms with Gasteiger partial charge in [0.25, 0.3) is 5.91 Å². The van der Waals surface area contributed by atoms with E-state index in [1.54, 1.807) is 36.3 Å². The molecule has 3 aromatic rings. The van der Waals surface area contributed by atoms with E-state index in [-0.39, 0.29) is 23.6 Å². The molecule has 0 spiro atoms. The fraction of sp³-hybridized carbons (Fsp3) is 0.357. The van der Waals surface area contributed by atoms with Crippen LogP contribution in [0.5, 0.6) is 11.5 Å². The van der Waals surface area contributed by atoms with Gasteiger partial charge in [0, 0.05) is 18.2 Å². The molecule has 1 N–H and O–H groups in total. The number of nitrogens with one attached hydrogen (secondary N) is 1. The first-order valence-corrected chi connectivity index (χ1v) is 12.0. The lowest BCUT2D eigenvalue weighted by molar-refractivity contribution is -0.126. The molecule has 35 heavy (non-hydrogen) atoms. The fourth-order valence-electron chi connectivity index (χ4n) is 4.71. The molecule has 7 heteroatoms. The summed E-state index contributed by atoms with van der Waals surface area (Å²) in [4.78, 5) is 29.2. The highest BCUT2D eigenvalue weighted by molar-refractivity contribution is 5.96. The predicted molar refractivity (Wildman–Crippen MR) is 133 cm³/mol. The van der Waals surface area contributed by atoms with Crippen molar-refractivity contribution in [3.63, 3.8) is 0 Å². The second-order valence-corrected chi connectivity index (χ2v) is 8.69. The molecule has 1 atom stereocenters. The first-order valence-electron chi connectivity index (χ1n) is 12.0. The number of carbonyl (C=O) groups excluding carboxylic acids is 2. The Labute approximate surface area is 206 Å². The maximum atomic E-state index is 13.9.